The number of carbonyl (C=O) groups is 1. The number of aliphatic carboxylic acids is 1. The highest BCUT2D eigenvalue weighted by atomic mass is 79.9. The first-order valence-electron chi connectivity index (χ1n) is 5.10. The van der Waals surface area contributed by atoms with Gasteiger partial charge in [-0.15, -0.1) is 21.5 Å². The van der Waals surface area contributed by atoms with Crippen molar-refractivity contribution >= 4 is 33.2 Å². The first kappa shape index (κ1) is 13.2. The molecular formula is C10H10BrN3O3S. The van der Waals surface area contributed by atoms with Crippen molar-refractivity contribution in [2.75, 3.05) is 0 Å². The third-order valence-electron chi connectivity index (χ3n) is 2.18. The van der Waals surface area contributed by atoms with Gasteiger partial charge in [-0.1, -0.05) is 0 Å². The number of aromatic nitrogens is 2. The van der Waals surface area contributed by atoms with Crippen LogP contribution in [0.4, 0.5) is 0 Å². The molecule has 0 aromatic carbocycles. The molecule has 0 spiro atoms. The number of nitrogens with one attached hydrogen (secondary N) is 1. The lowest BCUT2D eigenvalue weighted by molar-refractivity contribution is -0.139. The fourth-order valence-corrected chi connectivity index (χ4v) is 2.49. The molecule has 0 aliphatic rings. The van der Waals surface area contributed by atoms with Crippen LogP contribution >= 0.6 is 27.3 Å². The average Bonchev–Trinajstić information content (AvgIpc) is 2.94. The summed E-state index contributed by atoms with van der Waals surface area (Å²) < 4.78 is 6.41. The summed E-state index contributed by atoms with van der Waals surface area (Å²) in [7, 11) is 0. The molecule has 0 unspecified atom stereocenters. The van der Waals surface area contributed by atoms with E-state index in [2.05, 4.69) is 31.4 Å². The minimum atomic E-state index is -0.920. The maximum atomic E-state index is 10.6. The van der Waals surface area contributed by atoms with Gasteiger partial charge in [-0.2, -0.15) is 0 Å². The molecule has 0 bridgehead atoms. The van der Waals surface area contributed by atoms with E-state index in [1.807, 2.05) is 12.1 Å². The zero-order valence-electron chi connectivity index (χ0n) is 9.38. The lowest BCUT2D eigenvalue weighted by Gasteiger charge is -2.05. The standard InChI is InChI=1S/C10H10BrN3O3S/c1-5(10(15)16)12-4-8-13-14-9(17-8)6-2-3-7(11)18-6/h2-3,5,12H,4H2,1H3,(H,15,16)/t5-/m1/s1. The van der Waals surface area contributed by atoms with Gasteiger partial charge < -0.3 is 9.52 Å². The van der Waals surface area contributed by atoms with Crippen LogP contribution in [-0.2, 0) is 11.3 Å². The Kier molecular flexibility index (Phi) is 4.10. The van der Waals surface area contributed by atoms with E-state index in [1.54, 1.807) is 6.92 Å². The molecule has 2 rings (SSSR count). The molecule has 0 aliphatic heterocycles. The van der Waals surface area contributed by atoms with Crippen LogP contribution in [0.3, 0.4) is 0 Å². The predicted octanol–water partition coefficient (Wildman–Crippen LogP) is 2.12. The second-order valence-corrected chi connectivity index (χ2v) is 6.01. The largest absolute Gasteiger partial charge is 0.480 e. The Bertz CT molecular complexity index is 554. The Labute approximate surface area is 115 Å². The summed E-state index contributed by atoms with van der Waals surface area (Å²) in [6.07, 6.45) is 0. The topological polar surface area (TPSA) is 88.3 Å². The minimum absolute atomic E-state index is 0.229. The highest BCUT2D eigenvalue weighted by Gasteiger charge is 2.13. The molecule has 0 aliphatic carbocycles. The van der Waals surface area contributed by atoms with Gasteiger partial charge in [-0.25, -0.2) is 0 Å². The Morgan fingerprint density at radius 1 is 1.61 bits per heavy atom. The molecule has 2 aromatic rings. The first-order valence-corrected chi connectivity index (χ1v) is 6.71. The van der Waals surface area contributed by atoms with Crippen LogP contribution in [0.2, 0.25) is 0 Å². The number of hydrogen-bond donors (Lipinski definition) is 2. The van der Waals surface area contributed by atoms with E-state index in [0.29, 0.717) is 11.8 Å². The van der Waals surface area contributed by atoms with Crippen LogP contribution in [0, 0.1) is 0 Å². The van der Waals surface area contributed by atoms with Gasteiger partial charge in [0.25, 0.3) is 5.89 Å². The number of hydrogen-bond acceptors (Lipinski definition) is 6. The molecular weight excluding hydrogens is 322 g/mol. The third kappa shape index (κ3) is 3.15. The number of nitrogens with zero attached hydrogens (tertiary/aromatic N) is 2. The molecule has 1 atom stereocenters. The van der Waals surface area contributed by atoms with E-state index in [0.717, 1.165) is 8.66 Å². The third-order valence-corrected chi connectivity index (χ3v) is 3.79. The number of rotatable bonds is 5. The van der Waals surface area contributed by atoms with Crippen molar-refractivity contribution < 1.29 is 14.3 Å². The minimum Gasteiger partial charge on any atom is -0.480 e. The summed E-state index contributed by atoms with van der Waals surface area (Å²) in [5, 5.41) is 19.2. The number of carboxylic acids is 1. The molecule has 0 saturated carbocycles. The van der Waals surface area contributed by atoms with E-state index >= 15 is 0 Å². The summed E-state index contributed by atoms with van der Waals surface area (Å²) >= 11 is 4.84. The fraction of sp³-hybridized carbons (Fsp3) is 0.300. The van der Waals surface area contributed by atoms with Gasteiger partial charge in [-0.05, 0) is 35.0 Å². The second-order valence-electron chi connectivity index (χ2n) is 3.55. The van der Waals surface area contributed by atoms with Gasteiger partial charge in [0, 0.05) is 0 Å². The maximum absolute atomic E-state index is 10.6. The summed E-state index contributed by atoms with van der Waals surface area (Å²) in [5.41, 5.74) is 0. The van der Waals surface area contributed by atoms with Crippen molar-refractivity contribution in [1.82, 2.24) is 15.5 Å². The SMILES string of the molecule is C[C@@H](NCc1nnc(-c2ccc(Br)s2)o1)C(=O)O. The monoisotopic (exact) mass is 331 g/mol. The van der Waals surface area contributed by atoms with Crippen molar-refractivity contribution in [3.63, 3.8) is 0 Å². The summed E-state index contributed by atoms with van der Waals surface area (Å²) in [5.74, 6) is -0.120. The van der Waals surface area contributed by atoms with E-state index < -0.39 is 12.0 Å². The molecule has 8 heteroatoms. The molecule has 18 heavy (non-hydrogen) atoms. The molecule has 6 nitrogen and oxygen atoms in total. The van der Waals surface area contributed by atoms with Gasteiger partial charge in [0.2, 0.25) is 5.89 Å². The average molecular weight is 332 g/mol. The maximum Gasteiger partial charge on any atom is 0.320 e. The van der Waals surface area contributed by atoms with Crippen LogP contribution in [-0.4, -0.2) is 27.3 Å². The summed E-state index contributed by atoms with van der Waals surface area (Å²) in [6.45, 7) is 1.78. The van der Waals surface area contributed by atoms with Gasteiger partial charge in [0.1, 0.15) is 6.04 Å². The lowest BCUT2D eigenvalue weighted by atomic mass is 10.3. The highest BCUT2D eigenvalue weighted by Crippen LogP contribution is 2.30. The van der Waals surface area contributed by atoms with Crippen molar-refractivity contribution in [3.05, 3.63) is 21.8 Å². The molecule has 2 aromatic heterocycles. The molecule has 0 amide bonds. The van der Waals surface area contributed by atoms with Gasteiger partial charge in [-0.3, -0.25) is 10.1 Å². The number of halogens is 1. The van der Waals surface area contributed by atoms with E-state index in [1.165, 1.54) is 11.3 Å². The fourth-order valence-electron chi connectivity index (χ4n) is 1.18. The van der Waals surface area contributed by atoms with Crippen molar-refractivity contribution in [1.29, 1.82) is 0 Å². The molecule has 0 saturated heterocycles. The second kappa shape index (κ2) is 5.59. The summed E-state index contributed by atoms with van der Waals surface area (Å²) in [6, 6.07) is 3.12. The number of carboxylic acid groups (broad SMARTS) is 1. The van der Waals surface area contributed by atoms with Crippen LogP contribution in [0.15, 0.2) is 20.3 Å². The van der Waals surface area contributed by atoms with E-state index in [4.69, 9.17) is 9.52 Å². The molecule has 96 valence electrons. The van der Waals surface area contributed by atoms with Crippen molar-refractivity contribution in [3.8, 4) is 10.8 Å². The highest BCUT2D eigenvalue weighted by molar-refractivity contribution is 9.11. The Hall–Kier alpha value is -1.25. The van der Waals surface area contributed by atoms with Gasteiger partial charge >= 0.3 is 5.97 Å². The Morgan fingerprint density at radius 2 is 2.39 bits per heavy atom. The van der Waals surface area contributed by atoms with E-state index in [-0.39, 0.29) is 6.54 Å². The van der Waals surface area contributed by atoms with Gasteiger partial charge in [0.15, 0.2) is 0 Å². The zero-order valence-corrected chi connectivity index (χ0v) is 11.8. The van der Waals surface area contributed by atoms with E-state index in [9.17, 15) is 4.79 Å². The molecule has 0 radical (unpaired) electrons. The van der Waals surface area contributed by atoms with Crippen molar-refractivity contribution in [2.24, 2.45) is 0 Å². The van der Waals surface area contributed by atoms with Crippen LogP contribution in [0.5, 0.6) is 0 Å². The normalized spacial score (nSPS) is 12.6. The Balaban J connectivity index is 2.00. The molecule has 2 N–H and O–H groups in total. The van der Waals surface area contributed by atoms with Crippen LogP contribution in [0.25, 0.3) is 10.8 Å². The van der Waals surface area contributed by atoms with Crippen LogP contribution in [0.1, 0.15) is 12.8 Å². The van der Waals surface area contributed by atoms with Crippen molar-refractivity contribution in [2.45, 2.75) is 19.5 Å². The molecule has 2 heterocycles. The number of thiophene rings is 1. The quantitative estimate of drug-likeness (QED) is 0.872. The zero-order chi connectivity index (χ0) is 13.1. The smallest absolute Gasteiger partial charge is 0.320 e. The molecule has 0 fully saturated rings. The predicted molar refractivity (Wildman–Crippen MR) is 69.2 cm³/mol. The first-order chi connectivity index (χ1) is 8.56. The lowest BCUT2D eigenvalue weighted by Crippen LogP contribution is -2.33. The van der Waals surface area contributed by atoms with Gasteiger partial charge in [0.05, 0.1) is 15.2 Å². The summed E-state index contributed by atoms with van der Waals surface area (Å²) in [4.78, 5) is 11.5. The van der Waals surface area contributed by atoms with Crippen LogP contribution < -0.4 is 5.32 Å². The Morgan fingerprint density at radius 3 is 3.00 bits per heavy atom.